The van der Waals surface area contributed by atoms with E-state index in [0.717, 1.165) is 0 Å². The molecule has 0 fully saturated rings. The molecule has 8 heteroatoms. The first-order chi connectivity index (χ1) is 10.3. The van der Waals surface area contributed by atoms with Crippen molar-refractivity contribution in [3.05, 3.63) is 29.8 Å². The first kappa shape index (κ1) is 21.9. The summed E-state index contributed by atoms with van der Waals surface area (Å²) in [6.07, 6.45) is 0.567. The van der Waals surface area contributed by atoms with Gasteiger partial charge in [0.2, 0.25) is 10.0 Å². The fourth-order valence-electron chi connectivity index (χ4n) is 1.97. The average Bonchev–Trinajstić information content (AvgIpc) is 2.48. The zero-order valence-corrected chi connectivity index (χ0v) is 15.4. The van der Waals surface area contributed by atoms with Crippen molar-refractivity contribution in [2.45, 2.75) is 38.1 Å². The molecule has 1 atom stereocenters. The molecule has 0 aliphatic heterocycles. The Morgan fingerprint density at radius 3 is 2.17 bits per heavy atom. The van der Waals surface area contributed by atoms with Gasteiger partial charge in [0.15, 0.2) is 0 Å². The SMILES string of the molecule is CCN(CC)C(=O)c1ccc(S(=O)(=O)NCCC(C)N)cc1.Cl. The number of nitrogens with zero attached hydrogens (tertiary/aromatic N) is 1. The third kappa shape index (κ3) is 6.47. The van der Waals surface area contributed by atoms with Gasteiger partial charge in [-0.2, -0.15) is 0 Å². The van der Waals surface area contributed by atoms with E-state index in [0.29, 0.717) is 31.6 Å². The van der Waals surface area contributed by atoms with E-state index in [1.165, 1.54) is 12.1 Å². The second-order valence-electron chi connectivity index (χ2n) is 5.17. The van der Waals surface area contributed by atoms with Crippen molar-refractivity contribution in [3.63, 3.8) is 0 Å². The molecule has 0 aliphatic carbocycles. The number of hydrogen-bond donors (Lipinski definition) is 2. The van der Waals surface area contributed by atoms with E-state index in [1.807, 2.05) is 20.8 Å². The van der Waals surface area contributed by atoms with Crippen molar-refractivity contribution in [1.82, 2.24) is 9.62 Å². The second-order valence-corrected chi connectivity index (χ2v) is 6.93. The van der Waals surface area contributed by atoms with Crippen molar-refractivity contribution < 1.29 is 13.2 Å². The lowest BCUT2D eigenvalue weighted by molar-refractivity contribution is 0.0773. The van der Waals surface area contributed by atoms with E-state index in [4.69, 9.17) is 5.73 Å². The highest BCUT2D eigenvalue weighted by Crippen LogP contribution is 2.12. The molecular weight excluding hydrogens is 338 g/mol. The Balaban J connectivity index is 0.00000484. The fraction of sp³-hybridized carbons (Fsp3) is 0.533. The van der Waals surface area contributed by atoms with E-state index < -0.39 is 10.0 Å². The van der Waals surface area contributed by atoms with E-state index in [2.05, 4.69) is 4.72 Å². The van der Waals surface area contributed by atoms with Crippen LogP contribution in [-0.4, -0.2) is 44.9 Å². The van der Waals surface area contributed by atoms with E-state index in [-0.39, 0.29) is 29.3 Å². The Kier molecular flexibility index (Phi) is 9.38. The lowest BCUT2D eigenvalue weighted by atomic mass is 10.2. The standard InChI is InChI=1S/C15H25N3O3S.ClH/c1-4-18(5-2)15(19)13-6-8-14(9-7-13)22(20,21)17-11-10-12(3)16;/h6-9,12,17H,4-5,10-11,16H2,1-3H3;1H. The maximum absolute atomic E-state index is 12.2. The lowest BCUT2D eigenvalue weighted by Crippen LogP contribution is -2.31. The van der Waals surface area contributed by atoms with E-state index in [1.54, 1.807) is 17.0 Å². The number of hydrogen-bond acceptors (Lipinski definition) is 4. The van der Waals surface area contributed by atoms with Crippen LogP contribution in [0.4, 0.5) is 0 Å². The Morgan fingerprint density at radius 2 is 1.74 bits per heavy atom. The summed E-state index contributed by atoms with van der Waals surface area (Å²) in [7, 11) is -3.56. The van der Waals surface area contributed by atoms with Crippen LogP contribution < -0.4 is 10.5 Å². The number of rotatable bonds is 8. The Morgan fingerprint density at radius 1 is 1.22 bits per heavy atom. The van der Waals surface area contributed by atoms with Crippen molar-refractivity contribution in [2.24, 2.45) is 5.73 Å². The Labute approximate surface area is 144 Å². The largest absolute Gasteiger partial charge is 0.339 e. The molecule has 132 valence electrons. The minimum atomic E-state index is -3.56. The van der Waals surface area contributed by atoms with Gasteiger partial charge >= 0.3 is 0 Å². The van der Waals surface area contributed by atoms with Crippen LogP contribution in [0, 0.1) is 0 Å². The quantitative estimate of drug-likeness (QED) is 0.733. The normalized spacial score (nSPS) is 12.3. The number of carbonyl (C=O) groups is 1. The summed E-state index contributed by atoms with van der Waals surface area (Å²) in [5.41, 5.74) is 6.08. The van der Waals surface area contributed by atoms with Crippen LogP contribution in [0.1, 0.15) is 37.6 Å². The topological polar surface area (TPSA) is 92.5 Å². The molecule has 0 radical (unpaired) electrons. The van der Waals surface area contributed by atoms with Gasteiger partial charge in [-0.3, -0.25) is 4.79 Å². The minimum absolute atomic E-state index is 0. The molecule has 0 bridgehead atoms. The summed E-state index contributed by atoms with van der Waals surface area (Å²) in [5, 5.41) is 0. The maximum atomic E-state index is 12.2. The van der Waals surface area contributed by atoms with Gasteiger partial charge in [0, 0.05) is 31.2 Å². The third-order valence-corrected chi connectivity index (χ3v) is 4.83. The summed E-state index contributed by atoms with van der Waals surface area (Å²) < 4.78 is 26.7. The van der Waals surface area contributed by atoms with Gasteiger partial charge in [-0.05, 0) is 51.5 Å². The summed E-state index contributed by atoms with van der Waals surface area (Å²) in [4.78, 5) is 14.0. The molecule has 0 saturated heterocycles. The summed E-state index contributed by atoms with van der Waals surface area (Å²) in [6, 6.07) is 5.93. The first-order valence-corrected chi connectivity index (χ1v) is 8.94. The molecule has 0 aliphatic rings. The van der Waals surface area contributed by atoms with Crippen LogP contribution in [0.25, 0.3) is 0 Å². The second kappa shape index (κ2) is 9.87. The monoisotopic (exact) mass is 363 g/mol. The van der Waals surface area contributed by atoms with Crippen LogP contribution in [0.3, 0.4) is 0 Å². The lowest BCUT2D eigenvalue weighted by Gasteiger charge is -2.18. The van der Waals surface area contributed by atoms with Crippen molar-refractivity contribution in [1.29, 1.82) is 0 Å². The molecule has 1 rings (SSSR count). The number of nitrogens with two attached hydrogens (primary N) is 1. The number of carbonyl (C=O) groups excluding carboxylic acids is 1. The van der Waals surface area contributed by atoms with Crippen molar-refractivity contribution in [2.75, 3.05) is 19.6 Å². The molecule has 1 aromatic carbocycles. The molecule has 1 unspecified atom stereocenters. The predicted octanol–water partition coefficient (Wildman–Crippen LogP) is 1.61. The summed E-state index contributed by atoms with van der Waals surface area (Å²) >= 11 is 0. The molecule has 1 aromatic rings. The Bertz CT molecular complexity index is 584. The van der Waals surface area contributed by atoms with Gasteiger partial charge in [-0.15, -0.1) is 12.4 Å². The van der Waals surface area contributed by atoms with Gasteiger partial charge in [0.25, 0.3) is 5.91 Å². The van der Waals surface area contributed by atoms with Crippen molar-refractivity contribution >= 4 is 28.3 Å². The van der Waals surface area contributed by atoms with Crippen molar-refractivity contribution in [3.8, 4) is 0 Å². The number of sulfonamides is 1. The van der Waals surface area contributed by atoms with Gasteiger partial charge in [-0.25, -0.2) is 13.1 Å². The molecule has 0 heterocycles. The smallest absolute Gasteiger partial charge is 0.253 e. The molecule has 1 amide bonds. The van der Waals surface area contributed by atoms with Crippen LogP contribution in [-0.2, 0) is 10.0 Å². The molecule has 0 aromatic heterocycles. The summed E-state index contributed by atoms with van der Waals surface area (Å²) in [5.74, 6) is -0.0983. The van der Waals surface area contributed by atoms with E-state index in [9.17, 15) is 13.2 Å². The van der Waals surface area contributed by atoms with Crippen LogP contribution >= 0.6 is 12.4 Å². The number of halogens is 1. The maximum Gasteiger partial charge on any atom is 0.253 e. The zero-order chi connectivity index (χ0) is 16.8. The predicted molar refractivity (Wildman–Crippen MR) is 94.4 cm³/mol. The summed E-state index contributed by atoms with van der Waals surface area (Å²) in [6.45, 7) is 7.16. The Hall–Kier alpha value is -1.15. The molecule has 0 saturated carbocycles. The molecule has 23 heavy (non-hydrogen) atoms. The number of amides is 1. The molecule has 0 spiro atoms. The first-order valence-electron chi connectivity index (χ1n) is 7.46. The zero-order valence-electron chi connectivity index (χ0n) is 13.8. The highest BCUT2D eigenvalue weighted by Gasteiger charge is 2.16. The van der Waals surface area contributed by atoms with Crippen LogP contribution in [0.2, 0.25) is 0 Å². The fourth-order valence-corrected chi connectivity index (χ4v) is 3.02. The highest BCUT2D eigenvalue weighted by atomic mass is 35.5. The van der Waals surface area contributed by atoms with Crippen LogP contribution in [0.15, 0.2) is 29.2 Å². The van der Waals surface area contributed by atoms with E-state index >= 15 is 0 Å². The van der Waals surface area contributed by atoms with Gasteiger partial charge in [0.05, 0.1) is 4.90 Å². The van der Waals surface area contributed by atoms with Gasteiger partial charge in [0.1, 0.15) is 0 Å². The molecule has 6 nitrogen and oxygen atoms in total. The van der Waals surface area contributed by atoms with Gasteiger partial charge < -0.3 is 10.6 Å². The highest BCUT2D eigenvalue weighted by molar-refractivity contribution is 7.89. The van der Waals surface area contributed by atoms with Crippen LogP contribution in [0.5, 0.6) is 0 Å². The molecular formula is C15H26ClN3O3S. The van der Waals surface area contributed by atoms with Gasteiger partial charge in [-0.1, -0.05) is 0 Å². The average molecular weight is 364 g/mol. The third-order valence-electron chi connectivity index (χ3n) is 3.35. The number of benzene rings is 1. The minimum Gasteiger partial charge on any atom is -0.339 e. The number of nitrogens with one attached hydrogen (secondary N) is 1. The molecule has 3 N–H and O–H groups in total.